The van der Waals surface area contributed by atoms with Gasteiger partial charge >= 0.3 is 5.97 Å². The van der Waals surface area contributed by atoms with Crippen LogP contribution < -0.4 is 5.32 Å². The van der Waals surface area contributed by atoms with Crippen LogP contribution in [0.15, 0.2) is 6.20 Å². The van der Waals surface area contributed by atoms with Gasteiger partial charge in [-0.2, -0.15) is 0 Å². The van der Waals surface area contributed by atoms with Crippen LogP contribution in [-0.2, 0) is 0 Å². The van der Waals surface area contributed by atoms with Crippen LogP contribution in [0, 0.1) is 5.92 Å². The van der Waals surface area contributed by atoms with Crippen LogP contribution in [0.4, 0.5) is 5.69 Å². The fourth-order valence-electron chi connectivity index (χ4n) is 2.46. The summed E-state index contributed by atoms with van der Waals surface area (Å²) in [5.41, 5.74) is 0.414. The number of aromatic nitrogens is 2. The lowest BCUT2D eigenvalue weighted by molar-refractivity contribution is 0.0691. The lowest BCUT2D eigenvalue weighted by Crippen LogP contribution is -2.23. The highest BCUT2D eigenvalue weighted by Crippen LogP contribution is 2.26. The molecule has 1 saturated carbocycles. The zero-order valence-electron chi connectivity index (χ0n) is 11.8. The number of nitrogens with one attached hydrogen (secondary N) is 1. The number of nitrogens with zero attached hydrogens (tertiary/aromatic N) is 2. The molecule has 0 bridgehead atoms. The summed E-state index contributed by atoms with van der Waals surface area (Å²) in [5.74, 6) is -0.294. The maximum Gasteiger partial charge on any atom is 0.356 e. The summed E-state index contributed by atoms with van der Waals surface area (Å²) in [4.78, 5) is 19.6. The van der Waals surface area contributed by atoms with Gasteiger partial charge in [-0.25, -0.2) is 14.8 Å². The number of aliphatic hydroxyl groups excluding tert-OH is 1. The highest BCUT2D eigenvalue weighted by atomic mass is 16.4. The summed E-state index contributed by atoms with van der Waals surface area (Å²) in [6.07, 6.45) is 4.02. The molecule has 20 heavy (non-hydrogen) atoms. The molecule has 6 nitrogen and oxygen atoms in total. The van der Waals surface area contributed by atoms with Crippen molar-refractivity contribution in [1.82, 2.24) is 9.97 Å². The van der Waals surface area contributed by atoms with Crippen molar-refractivity contribution in [3.63, 3.8) is 0 Å². The highest BCUT2D eigenvalue weighted by molar-refractivity contribution is 5.91. The van der Waals surface area contributed by atoms with Crippen molar-refractivity contribution < 1.29 is 15.0 Å². The van der Waals surface area contributed by atoms with E-state index in [9.17, 15) is 15.0 Å². The maximum absolute atomic E-state index is 11.3. The molecule has 0 saturated heterocycles. The van der Waals surface area contributed by atoms with Crippen molar-refractivity contribution in [2.75, 3.05) is 11.9 Å². The molecular weight excluding hydrogens is 258 g/mol. The first-order valence-electron chi connectivity index (χ1n) is 7.01. The van der Waals surface area contributed by atoms with Gasteiger partial charge in [0, 0.05) is 18.4 Å². The van der Waals surface area contributed by atoms with E-state index in [-0.39, 0.29) is 23.6 Å². The monoisotopic (exact) mass is 279 g/mol. The molecule has 3 N–H and O–H groups in total. The largest absolute Gasteiger partial charge is 0.476 e. The molecule has 0 aliphatic heterocycles. The zero-order valence-corrected chi connectivity index (χ0v) is 11.8. The first-order chi connectivity index (χ1) is 9.49. The van der Waals surface area contributed by atoms with Crippen LogP contribution in [0.2, 0.25) is 0 Å². The van der Waals surface area contributed by atoms with Gasteiger partial charge in [-0.05, 0) is 12.8 Å². The van der Waals surface area contributed by atoms with Crippen LogP contribution >= 0.6 is 0 Å². The Bertz CT molecular complexity index is 491. The summed E-state index contributed by atoms with van der Waals surface area (Å²) in [5, 5.41) is 22.1. The predicted molar refractivity (Wildman–Crippen MR) is 74.9 cm³/mol. The van der Waals surface area contributed by atoms with Crippen LogP contribution in [-0.4, -0.2) is 38.8 Å². The number of carboxylic acids is 1. The molecule has 0 aromatic carbocycles. The van der Waals surface area contributed by atoms with E-state index in [1.54, 1.807) is 0 Å². The quantitative estimate of drug-likeness (QED) is 0.761. The second-order valence-electron chi connectivity index (χ2n) is 5.59. The van der Waals surface area contributed by atoms with Crippen LogP contribution in [0.1, 0.15) is 55.3 Å². The lowest BCUT2D eigenvalue weighted by Gasteiger charge is -2.17. The topological polar surface area (TPSA) is 95.3 Å². The van der Waals surface area contributed by atoms with E-state index in [2.05, 4.69) is 15.3 Å². The SMILES string of the molecule is CC(C)c1ncc(NCC2CCCC2O)c(C(=O)O)n1. The summed E-state index contributed by atoms with van der Waals surface area (Å²) < 4.78 is 0. The van der Waals surface area contributed by atoms with Gasteiger partial charge in [-0.15, -0.1) is 0 Å². The molecule has 1 aromatic heterocycles. The molecule has 0 amide bonds. The van der Waals surface area contributed by atoms with E-state index >= 15 is 0 Å². The Hall–Kier alpha value is -1.69. The van der Waals surface area contributed by atoms with E-state index in [1.807, 2.05) is 13.8 Å². The Morgan fingerprint density at radius 1 is 1.50 bits per heavy atom. The number of anilines is 1. The molecule has 1 fully saturated rings. The van der Waals surface area contributed by atoms with Crippen LogP contribution in [0.3, 0.4) is 0 Å². The van der Waals surface area contributed by atoms with Crippen molar-refractivity contribution in [3.05, 3.63) is 17.7 Å². The fraction of sp³-hybridized carbons (Fsp3) is 0.643. The third-order valence-electron chi connectivity index (χ3n) is 3.70. The second-order valence-corrected chi connectivity index (χ2v) is 5.59. The fourth-order valence-corrected chi connectivity index (χ4v) is 2.46. The normalized spacial score (nSPS) is 22.2. The van der Waals surface area contributed by atoms with Gasteiger partial charge < -0.3 is 15.5 Å². The molecule has 1 heterocycles. The molecular formula is C14H21N3O3. The van der Waals surface area contributed by atoms with Crippen molar-refractivity contribution in [2.24, 2.45) is 5.92 Å². The summed E-state index contributed by atoms with van der Waals surface area (Å²) in [6.45, 7) is 4.39. The summed E-state index contributed by atoms with van der Waals surface area (Å²) >= 11 is 0. The number of aromatic carboxylic acids is 1. The Morgan fingerprint density at radius 3 is 2.80 bits per heavy atom. The second kappa shape index (κ2) is 6.17. The molecule has 1 aliphatic rings. The average molecular weight is 279 g/mol. The molecule has 2 atom stereocenters. The van der Waals surface area contributed by atoms with Crippen LogP contribution in [0.5, 0.6) is 0 Å². The molecule has 1 aromatic rings. The number of aliphatic hydroxyl groups is 1. The minimum Gasteiger partial charge on any atom is -0.476 e. The van der Waals surface area contributed by atoms with E-state index in [0.29, 0.717) is 18.1 Å². The van der Waals surface area contributed by atoms with E-state index < -0.39 is 5.97 Å². The van der Waals surface area contributed by atoms with E-state index in [1.165, 1.54) is 6.20 Å². The van der Waals surface area contributed by atoms with Crippen molar-refractivity contribution in [2.45, 2.75) is 45.1 Å². The summed E-state index contributed by atoms with van der Waals surface area (Å²) in [6, 6.07) is 0. The Labute approximate surface area is 118 Å². The summed E-state index contributed by atoms with van der Waals surface area (Å²) in [7, 11) is 0. The van der Waals surface area contributed by atoms with Gasteiger partial charge in [-0.3, -0.25) is 0 Å². The molecule has 2 unspecified atom stereocenters. The van der Waals surface area contributed by atoms with Crippen molar-refractivity contribution in [1.29, 1.82) is 0 Å². The van der Waals surface area contributed by atoms with Gasteiger partial charge in [0.05, 0.1) is 18.0 Å². The third-order valence-corrected chi connectivity index (χ3v) is 3.70. The Balaban J connectivity index is 2.12. The van der Waals surface area contributed by atoms with Gasteiger partial charge in [0.25, 0.3) is 0 Å². The van der Waals surface area contributed by atoms with Crippen LogP contribution in [0.25, 0.3) is 0 Å². The minimum atomic E-state index is -1.07. The Morgan fingerprint density at radius 2 is 2.25 bits per heavy atom. The maximum atomic E-state index is 11.3. The molecule has 2 rings (SSSR count). The number of carboxylic acid groups (broad SMARTS) is 1. The predicted octanol–water partition coefficient (Wildman–Crippen LogP) is 1.87. The third kappa shape index (κ3) is 3.25. The zero-order chi connectivity index (χ0) is 14.7. The number of hydrogen-bond donors (Lipinski definition) is 3. The lowest BCUT2D eigenvalue weighted by atomic mass is 10.1. The average Bonchev–Trinajstić information content (AvgIpc) is 2.81. The van der Waals surface area contributed by atoms with Gasteiger partial charge in [0.1, 0.15) is 5.82 Å². The molecule has 0 spiro atoms. The molecule has 110 valence electrons. The number of rotatable bonds is 5. The first kappa shape index (κ1) is 14.7. The van der Waals surface area contributed by atoms with Gasteiger partial charge in [0.15, 0.2) is 5.69 Å². The molecule has 1 aliphatic carbocycles. The number of hydrogen-bond acceptors (Lipinski definition) is 5. The number of carbonyl (C=O) groups is 1. The minimum absolute atomic E-state index is 0.00353. The van der Waals surface area contributed by atoms with E-state index in [0.717, 1.165) is 19.3 Å². The standard InChI is InChI=1S/C14H21N3O3/c1-8(2)13-16-7-10(12(17-13)14(19)20)15-6-9-4-3-5-11(9)18/h7-9,11,15,18H,3-6H2,1-2H3,(H,19,20). The van der Waals surface area contributed by atoms with E-state index in [4.69, 9.17) is 0 Å². The Kier molecular flexibility index (Phi) is 4.54. The van der Waals surface area contributed by atoms with Crippen molar-refractivity contribution >= 4 is 11.7 Å². The molecule has 0 radical (unpaired) electrons. The highest BCUT2D eigenvalue weighted by Gasteiger charge is 2.25. The van der Waals surface area contributed by atoms with Gasteiger partial charge in [-0.1, -0.05) is 20.3 Å². The smallest absolute Gasteiger partial charge is 0.356 e. The first-order valence-corrected chi connectivity index (χ1v) is 7.01. The van der Waals surface area contributed by atoms with Gasteiger partial charge in [0.2, 0.25) is 0 Å². The van der Waals surface area contributed by atoms with Crippen molar-refractivity contribution in [3.8, 4) is 0 Å². The molecule has 6 heteroatoms.